The molecular formula is C24H40N2O. The van der Waals surface area contributed by atoms with Gasteiger partial charge in [0.25, 0.3) is 0 Å². The Morgan fingerprint density at radius 3 is 2.00 bits per heavy atom. The Bertz CT molecular complexity index is 500. The predicted octanol–water partition coefficient (Wildman–Crippen LogP) is 7.45. The summed E-state index contributed by atoms with van der Waals surface area (Å²) in [7, 11) is 0. The van der Waals surface area contributed by atoms with Crippen LogP contribution in [0.15, 0.2) is 29.7 Å². The molecule has 0 amide bonds. The molecule has 1 aromatic rings. The van der Waals surface area contributed by atoms with Gasteiger partial charge in [-0.2, -0.15) is 0 Å². The first-order chi connectivity index (χ1) is 13.4. The third kappa shape index (κ3) is 9.93. The fraction of sp³-hybridized carbons (Fsp3) is 0.750. The molecule has 0 fully saturated rings. The third-order valence-corrected chi connectivity index (χ3v) is 5.61. The second-order valence-electron chi connectivity index (χ2n) is 8.10. The lowest BCUT2D eigenvalue weighted by atomic mass is 10.0. The molecule has 3 nitrogen and oxygen atoms in total. The lowest BCUT2D eigenvalue weighted by Crippen LogP contribution is -2.08. The lowest BCUT2D eigenvalue weighted by molar-refractivity contribution is 0.0770. The van der Waals surface area contributed by atoms with E-state index in [0.717, 1.165) is 24.1 Å². The number of nitrogens with zero attached hydrogens (tertiary/aromatic N) is 2. The van der Waals surface area contributed by atoms with Crippen LogP contribution in [-0.2, 0) is 4.84 Å². The van der Waals surface area contributed by atoms with E-state index in [9.17, 15) is 0 Å². The summed E-state index contributed by atoms with van der Waals surface area (Å²) >= 11 is 0. The topological polar surface area (TPSA) is 34.5 Å². The molecule has 2 rings (SSSR count). The maximum Gasteiger partial charge on any atom is 0.133 e. The van der Waals surface area contributed by atoms with Crippen LogP contribution in [-0.4, -0.2) is 16.8 Å². The van der Waals surface area contributed by atoms with Crippen molar-refractivity contribution in [2.24, 2.45) is 5.16 Å². The van der Waals surface area contributed by atoms with Crippen molar-refractivity contribution >= 4 is 5.71 Å². The standard InChI is InChI=1S/C24H40N2O/c1-2-3-4-5-6-7-8-9-10-11-12-13-14-15-18-23-20-24(26-27-23)22-17-16-19-25-21-22/h16-17,19,21,23H,2-15,18,20H2,1H3. The van der Waals surface area contributed by atoms with Gasteiger partial charge >= 0.3 is 0 Å². The molecule has 3 heteroatoms. The Hall–Kier alpha value is -1.38. The summed E-state index contributed by atoms with van der Waals surface area (Å²) in [6.45, 7) is 2.29. The van der Waals surface area contributed by atoms with Crippen LogP contribution in [0.25, 0.3) is 0 Å². The number of pyridine rings is 1. The van der Waals surface area contributed by atoms with E-state index in [0.29, 0.717) is 0 Å². The molecule has 0 aromatic carbocycles. The van der Waals surface area contributed by atoms with Crippen molar-refractivity contribution in [3.05, 3.63) is 30.1 Å². The van der Waals surface area contributed by atoms with E-state index in [1.165, 1.54) is 89.9 Å². The minimum atomic E-state index is 0.275. The Kier molecular flexibility index (Phi) is 11.9. The summed E-state index contributed by atoms with van der Waals surface area (Å²) in [5.41, 5.74) is 2.15. The predicted molar refractivity (Wildman–Crippen MR) is 115 cm³/mol. The van der Waals surface area contributed by atoms with E-state index in [1.54, 1.807) is 6.20 Å². The van der Waals surface area contributed by atoms with Gasteiger partial charge in [0.05, 0.1) is 5.71 Å². The summed E-state index contributed by atoms with van der Waals surface area (Å²) in [5.74, 6) is 0. The maximum atomic E-state index is 5.59. The van der Waals surface area contributed by atoms with Gasteiger partial charge in [-0.3, -0.25) is 4.98 Å². The molecule has 1 atom stereocenters. The van der Waals surface area contributed by atoms with Gasteiger partial charge in [-0.15, -0.1) is 0 Å². The van der Waals surface area contributed by atoms with Crippen LogP contribution in [0.1, 0.15) is 115 Å². The molecule has 0 bridgehead atoms. The second kappa shape index (κ2) is 14.6. The van der Waals surface area contributed by atoms with Gasteiger partial charge in [0.2, 0.25) is 0 Å². The number of rotatable bonds is 16. The highest BCUT2D eigenvalue weighted by Crippen LogP contribution is 2.21. The van der Waals surface area contributed by atoms with Gasteiger partial charge in [0.15, 0.2) is 0 Å². The van der Waals surface area contributed by atoms with Crippen LogP contribution in [0.4, 0.5) is 0 Å². The summed E-state index contributed by atoms with van der Waals surface area (Å²) in [6, 6.07) is 4.02. The largest absolute Gasteiger partial charge is 0.392 e. The first kappa shape index (κ1) is 21.9. The summed E-state index contributed by atoms with van der Waals surface area (Å²) in [5, 5.41) is 4.25. The van der Waals surface area contributed by atoms with E-state index in [4.69, 9.17) is 4.84 Å². The lowest BCUT2D eigenvalue weighted by Gasteiger charge is -2.07. The number of aromatic nitrogens is 1. The van der Waals surface area contributed by atoms with Gasteiger partial charge in [-0.25, -0.2) is 0 Å². The van der Waals surface area contributed by atoms with Crippen molar-refractivity contribution in [3.8, 4) is 0 Å². The van der Waals surface area contributed by atoms with Gasteiger partial charge < -0.3 is 4.84 Å². The molecule has 27 heavy (non-hydrogen) atoms. The van der Waals surface area contributed by atoms with Crippen LogP contribution < -0.4 is 0 Å². The molecule has 0 aliphatic carbocycles. The SMILES string of the molecule is CCCCCCCCCCCCCCCCC1CC(c2cccnc2)=NO1. The van der Waals surface area contributed by atoms with Crippen LogP contribution in [0.3, 0.4) is 0 Å². The minimum absolute atomic E-state index is 0.275. The normalized spacial score (nSPS) is 16.3. The van der Waals surface area contributed by atoms with E-state index in [-0.39, 0.29) is 6.10 Å². The Labute approximate surface area is 167 Å². The number of hydrogen-bond donors (Lipinski definition) is 0. The molecule has 1 unspecified atom stereocenters. The van der Waals surface area contributed by atoms with Crippen molar-refractivity contribution in [1.29, 1.82) is 0 Å². The van der Waals surface area contributed by atoms with E-state index in [2.05, 4.69) is 23.1 Å². The van der Waals surface area contributed by atoms with Crippen molar-refractivity contribution in [2.45, 2.75) is 116 Å². The van der Waals surface area contributed by atoms with Crippen molar-refractivity contribution < 1.29 is 4.84 Å². The second-order valence-corrected chi connectivity index (χ2v) is 8.10. The monoisotopic (exact) mass is 372 g/mol. The van der Waals surface area contributed by atoms with Gasteiger partial charge in [0, 0.05) is 24.4 Å². The van der Waals surface area contributed by atoms with Crippen LogP contribution in [0, 0.1) is 0 Å². The van der Waals surface area contributed by atoms with Crippen LogP contribution in [0.2, 0.25) is 0 Å². The molecule has 1 aliphatic heterocycles. The Morgan fingerprint density at radius 1 is 0.852 bits per heavy atom. The highest BCUT2D eigenvalue weighted by molar-refractivity contribution is 6.00. The van der Waals surface area contributed by atoms with Gasteiger partial charge in [-0.1, -0.05) is 95.6 Å². The number of hydrogen-bond acceptors (Lipinski definition) is 3. The Balaban J connectivity index is 1.34. The van der Waals surface area contributed by atoms with Crippen molar-refractivity contribution in [2.75, 3.05) is 0 Å². The first-order valence-corrected chi connectivity index (χ1v) is 11.5. The zero-order chi connectivity index (χ0) is 19.0. The molecule has 2 heterocycles. The molecule has 0 saturated heterocycles. The van der Waals surface area contributed by atoms with E-state index in [1.807, 2.05) is 12.3 Å². The molecule has 152 valence electrons. The highest BCUT2D eigenvalue weighted by atomic mass is 16.6. The van der Waals surface area contributed by atoms with E-state index >= 15 is 0 Å². The summed E-state index contributed by atoms with van der Waals surface area (Å²) in [4.78, 5) is 9.75. The quantitative estimate of drug-likeness (QED) is 0.282. The Morgan fingerprint density at radius 2 is 1.44 bits per heavy atom. The molecule has 0 N–H and O–H groups in total. The minimum Gasteiger partial charge on any atom is -0.392 e. The number of oxime groups is 1. The van der Waals surface area contributed by atoms with Gasteiger partial charge in [-0.05, 0) is 25.0 Å². The zero-order valence-electron chi connectivity index (χ0n) is 17.5. The van der Waals surface area contributed by atoms with Crippen LogP contribution >= 0.6 is 0 Å². The average Bonchev–Trinajstić information content (AvgIpc) is 3.18. The molecular weight excluding hydrogens is 332 g/mol. The van der Waals surface area contributed by atoms with Crippen molar-refractivity contribution in [1.82, 2.24) is 4.98 Å². The summed E-state index contributed by atoms with van der Waals surface area (Å²) in [6.07, 6.45) is 25.7. The fourth-order valence-electron chi connectivity index (χ4n) is 3.85. The highest BCUT2D eigenvalue weighted by Gasteiger charge is 2.21. The van der Waals surface area contributed by atoms with E-state index < -0.39 is 0 Å². The van der Waals surface area contributed by atoms with Crippen LogP contribution in [0.5, 0.6) is 0 Å². The molecule has 1 aromatic heterocycles. The van der Waals surface area contributed by atoms with Crippen molar-refractivity contribution in [3.63, 3.8) is 0 Å². The molecule has 0 radical (unpaired) electrons. The fourth-order valence-corrected chi connectivity index (χ4v) is 3.85. The average molecular weight is 373 g/mol. The first-order valence-electron chi connectivity index (χ1n) is 11.5. The smallest absolute Gasteiger partial charge is 0.133 e. The zero-order valence-corrected chi connectivity index (χ0v) is 17.5. The molecule has 0 spiro atoms. The van der Waals surface area contributed by atoms with Gasteiger partial charge in [0.1, 0.15) is 6.10 Å². The molecule has 0 saturated carbocycles. The maximum absolute atomic E-state index is 5.59. The number of unbranched alkanes of at least 4 members (excludes halogenated alkanes) is 13. The summed E-state index contributed by atoms with van der Waals surface area (Å²) < 4.78 is 0. The third-order valence-electron chi connectivity index (χ3n) is 5.61. The molecule has 1 aliphatic rings.